The van der Waals surface area contributed by atoms with Gasteiger partial charge in [0.1, 0.15) is 0 Å². The molecule has 1 heterocycles. The minimum absolute atomic E-state index is 0.349. The number of aliphatic hydroxyl groups is 1. The summed E-state index contributed by atoms with van der Waals surface area (Å²) >= 11 is 0. The number of unbranched alkanes of at least 4 members (excludes halogenated alkanes) is 1. The topological polar surface area (TPSA) is 58.7 Å². The van der Waals surface area contributed by atoms with E-state index >= 15 is 0 Å². The van der Waals surface area contributed by atoms with Gasteiger partial charge >= 0.3 is 0 Å². The van der Waals surface area contributed by atoms with Crippen molar-refractivity contribution in [2.75, 3.05) is 32.8 Å². The van der Waals surface area contributed by atoms with Crippen LogP contribution in [0.2, 0.25) is 0 Å². The van der Waals surface area contributed by atoms with E-state index in [-0.39, 0.29) is 0 Å². The van der Waals surface area contributed by atoms with Crippen LogP contribution in [0.4, 0.5) is 0 Å². The first-order valence-corrected chi connectivity index (χ1v) is 6.83. The normalized spacial score (nSPS) is 25.8. The molecule has 2 unspecified atom stereocenters. The first-order chi connectivity index (χ1) is 8.09. The third-order valence-corrected chi connectivity index (χ3v) is 3.67. The van der Waals surface area contributed by atoms with Crippen LogP contribution < -0.4 is 5.73 Å². The van der Waals surface area contributed by atoms with Crippen molar-refractivity contribution in [1.29, 1.82) is 0 Å². The second-order valence-electron chi connectivity index (χ2n) is 5.33. The molecule has 1 fully saturated rings. The Labute approximate surface area is 105 Å². The van der Waals surface area contributed by atoms with Crippen LogP contribution >= 0.6 is 0 Å². The van der Waals surface area contributed by atoms with Gasteiger partial charge in [-0.05, 0) is 39.2 Å². The van der Waals surface area contributed by atoms with E-state index in [1.54, 1.807) is 0 Å². The van der Waals surface area contributed by atoms with E-state index < -0.39 is 5.60 Å². The molecule has 0 aromatic carbocycles. The maximum Gasteiger partial charge on any atom is 0.0741 e. The molecule has 1 aliphatic heterocycles. The Balaban J connectivity index is 2.16. The number of hydrogen-bond donors (Lipinski definition) is 2. The standard InChI is InChI=1S/C13H28N2O2/c1-3-12-10-17-9-8-15(12)7-5-4-6-13(2,16)11-14/h12,16H,3-11,14H2,1-2H3. The largest absolute Gasteiger partial charge is 0.389 e. The summed E-state index contributed by atoms with van der Waals surface area (Å²) < 4.78 is 5.48. The third kappa shape index (κ3) is 5.34. The molecular formula is C13H28N2O2. The van der Waals surface area contributed by atoms with Gasteiger partial charge in [-0.1, -0.05) is 6.92 Å². The highest BCUT2D eigenvalue weighted by Crippen LogP contribution is 2.15. The van der Waals surface area contributed by atoms with Crippen molar-refractivity contribution in [3.05, 3.63) is 0 Å². The lowest BCUT2D eigenvalue weighted by Crippen LogP contribution is -2.45. The van der Waals surface area contributed by atoms with Gasteiger partial charge in [-0.25, -0.2) is 0 Å². The molecule has 2 atom stereocenters. The summed E-state index contributed by atoms with van der Waals surface area (Å²) in [5, 5.41) is 9.80. The molecule has 4 heteroatoms. The van der Waals surface area contributed by atoms with Gasteiger partial charge in [0.15, 0.2) is 0 Å². The molecule has 4 nitrogen and oxygen atoms in total. The fourth-order valence-electron chi connectivity index (χ4n) is 2.28. The molecule has 0 amide bonds. The molecule has 102 valence electrons. The van der Waals surface area contributed by atoms with E-state index in [0.717, 1.165) is 52.0 Å². The zero-order valence-electron chi connectivity index (χ0n) is 11.3. The fourth-order valence-corrected chi connectivity index (χ4v) is 2.28. The quantitative estimate of drug-likeness (QED) is 0.655. The predicted octanol–water partition coefficient (Wildman–Crippen LogP) is 0.977. The minimum Gasteiger partial charge on any atom is -0.389 e. The number of morpholine rings is 1. The van der Waals surface area contributed by atoms with Gasteiger partial charge in [0.2, 0.25) is 0 Å². The number of nitrogens with two attached hydrogens (primary N) is 1. The summed E-state index contributed by atoms with van der Waals surface area (Å²) in [6.45, 7) is 8.27. The van der Waals surface area contributed by atoms with Crippen LogP contribution in [-0.2, 0) is 4.74 Å². The SMILES string of the molecule is CCC1COCCN1CCCCC(C)(O)CN. The predicted molar refractivity (Wildman–Crippen MR) is 70.0 cm³/mol. The van der Waals surface area contributed by atoms with Gasteiger partial charge in [-0.15, -0.1) is 0 Å². The number of rotatable bonds is 7. The molecule has 0 saturated carbocycles. The van der Waals surface area contributed by atoms with Crippen LogP contribution in [0.5, 0.6) is 0 Å². The number of hydrogen-bond acceptors (Lipinski definition) is 4. The molecule has 0 aromatic rings. The monoisotopic (exact) mass is 244 g/mol. The van der Waals surface area contributed by atoms with Crippen molar-refractivity contribution in [3.63, 3.8) is 0 Å². The van der Waals surface area contributed by atoms with Crippen molar-refractivity contribution < 1.29 is 9.84 Å². The van der Waals surface area contributed by atoms with Crippen molar-refractivity contribution in [3.8, 4) is 0 Å². The highest BCUT2D eigenvalue weighted by atomic mass is 16.5. The first kappa shape index (κ1) is 14.9. The van der Waals surface area contributed by atoms with Gasteiger partial charge in [-0.2, -0.15) is 0 Å². The minimum atomic E-state index is -0.685. The Hall–Kier alpha value is -0.160. The van der Waals surface area contributed by atoms with E-state index in [4.69, 9.17) is 10.5 Å². The van der Waals surface area contributed by atoms with E-state index in [9.17, 15) is 5.11 Å². The molecule has 0 bridgehead atoms. The average molecular weight is 244 g/mol. The van der Waals surface area contributed by atoms with Gasteiger partial charge < -0.3 is 15.6 Å². The second-order valence-corrected chi connectivity index (χ2v) is 5.33. The number of nitrogens with zero attached hydrogens (tertiary/aromatic N) is 1. The summed E-state index contributed by atoms with van der Waals surface area (Å²) in [5.74, 6) is 0. The average Bonchev–Trinajstić information content (AvgIpc) is 2.35. The Kier molecular flexibility index (Phi) is 6.41. The first-order valence-electron chi connectivity index (χ1n) is 6.83. The summed E-state index contributed by atoms with van der Waals surface area (Å²) in [7, 11) is 0. The summed E-state index contributed by atoms with van der Waals surface area (Å²) in [6, 6.07) is 0.582. The molecule has 1 saturated heterocycles. The van der Waals surface area contributed by atoms with Gasteiger partial charge in [0.05, 0.1) is 18.8 Å². The maximum absolute atomic E-state index is 9.80. The second kappa shape index (κ2) is 7.31. The number of ether oxygens (including phenoxy) is 1. The zero-order chi connectivity index (χ0) is 12.7. The van der Waals surface area contributed by atoms with Gasteiger partial charge in [0, 0.05) is 19.1 Å². The van der Waals surface area contributed by atoms with Gasteiger partial charge in [-0.3, -0.25) is 4.90 Å². The Morgan fingerprint density at radius 2 is 2.24 bits per heavy atom. The third-order valence-electron chi connectivity index (χ3n) is 3.67. The highest BCUT2D eigenvalue weighted by molar-refractivity contribution is 4.76. The Morgan fingerprint density at radius 3 is 2.88 bits per heavy atom. The lowest BCUT2D eigenvalue weighted by molar-refractivity contribution is -0.0103. The van der Waals surface area contributed by atoms with Gasteiger partial charge in [0.25, 0.3) is 0 Å². The van der Waals surface area contributed by atoms with E-state index in [1.165, 1.54) is 0 Å². The molecule has 3 N–H and O–H groups in total. The summed E-state index contributed by atoms with van der Waals surface area (Å²) in [4.78, 5) is 2.51. The molecule has 0 aliphatic carbocycles. The zero-order valence-corrected chi connectivity index (χ0v) is 11.3. The molecule has 17 heavy (non-hydrogen) atoms. The summed E-state index contributed by atoms with van der Waals surface area (Å²) in [5.41, 5.74) is 4.81. The maximum atomic E-state index is 9.80. The van der Waals surface area contributed by atoms with E-state index in [0.29, 0.717) is 12.6 Å². The highest BCUT2D eigenvalue weighted by Gasteiger charge is 2.21. The van der Waals surface area contributed by atoms with Crippen LogP contribution in [0.25, 0.3) is 0 Å². The molecule has 0 radical (unpaired) electrons. The van der Waals surface area contributed by atoms with Crippen LogP contribution in [-0.4, -0.2) is 54.5 Å². The van der Waals surface area contributed by atoms with Crippen molar-refractivity contribution >= 4 is 0 Å². The van der Waals surface area contributed by atoms with Crippen LogP contribution in [0.15, 0.2) is 0 Å². The van der Waals surface area contributed by atoms with Crippen molar-refractivity contribution in [2.45, 2.75) is 51.2 Å². The Morgan fingerprint density at radius 1 is 1.47 bits per heavy atom. The van der Waals surface area contributed by atoms with Crippen LogP contribution in [0.3, 0.4) is 0 Å². The molecule has 1 rings (SSSR count). The fraction of sp³-hybridized carbons (Fsp3) is 1.00. The lowest BCUT2D eigenvalue weighted by atomic mass is 9.99. The molecular weight excluding hydrogens is 216 g/mol. The van der Waals surface area contributed by atoms with E-state index in [1.807, 2.05) is 6.92 Å². The Bertz CT molecular complexity index is 210. The van der Waals surface area contributed by atoms with Crippen LogP contribution in [0, 0.1) is 0 Å². The van der Waals surface area contributed by atoms with E-state index in [2.05, 4.69) is 11.8 Å². The molecule has 1 aliphatic rings. The summed E-state index contributed by atoms with van der Waals surface area (Å²) in [6.07, 6.45) is 4.12. The molecule has 0 aromatic heterocycles. The van der Waals surface area contributed by atoms with Crippen LogP contribution in [0.1, 0.15) is 39.5 Å². The molecule has 0 spiro atoms. The lowest BCUT2D eigenvalue weighted by Gasteiger charge is -2.35. The smallest absolute Gasteiger partial charge is 0.0741 e. The van der Waals surface area contributed by atoms with Crippen molar-refractivity contribution in [1.82, 2.24) is 4.90 Å². The van der Waals surface area contributed by atoms with Crippen molar-refractivity contribution in [2.24, 2.45) is 5.73 Å².